The number of carbonyl (C=O) groups excluding carboxylic acids is 2. The quantitative estimate of drug-likeness (QED) is 0.634. The first-order valence-corrected chi connectivity index (χ1v) is 10.9. The second-order valence-electron chi connectivity index (χ2n) is 9.07. The molecule has 0 saturated heterocycles. The molecule has 0 unspecified atom stereocenters. The van der Waals surface area contributed by atoms with Crippen molar-refractivity contribution in [2.75, 3.05) is 19.0 Å². The van der Waals surface area contributed by atoms with E-state index in [4.69, 9.17) is 9.47 Å². The molecular formula is C25H31FN2O5. The second-order valence-corrected chi connectivity index (χ2v) is 9.07. The third-order valence-corrected chi connectivity index (χ3v) is 5.30. The number of benzene rings is 2. The van der Waals surface area contributed by atoms with Crippen LogP contribution in [0.15, 0.2) is 36.4 Å². The third kappa shape index (κ3) is 6.15. The Morgan fingerprint density at radius 3 is 2.55 bits per heavy atom. The smallest absolute Gasteiger partial charge is 0.410 e. The number of rotatable bonds is 6. The van der Waals surface area contributed by atoms with Crippen LogP contribution in [0.5, 0.6) is 5.75 Å². The van der Waals surface area contributed by atoms with Crippen molar-refractivity contribution in [1.82, 2.24) is 4.90 Å². The fourth-order valence-electron chi connectivity index (χ4n) is 3.64. The molecule has 7 nitrogen and oxygen atoms in total. The van der Waals surface area contributed by atoms with Crippen molar-refractivity contribution in [3.05, 3.63) is 58.9 Å². The minimum absolute atomic E-state index is 0.105. The van der Waals surface area contributed by atoms with Crippen LogP contribution in [0.4, 0.5) is 14.9 Å². The van der Waals surface area contributed by atoms with Gasteiger partial charge in [0.25, 0.3) is 0 Å². The van der Waals surface area contributed by atoms with E-state index in [1.54, 1.807) is 11.0 Å². The summed E-state index contributed by atoms with van der Waals surface area (Å²) >= 11 is 0. The van der Waals surface area contributed by atoms with Crippen LogP contribution in [-0.4, -0.2) is 42.3 Å². The van der Waals surface area contributed by atoms with Gasteiger partial charge in [-0.3, -0.25) is 4.79 Å². The maximum absolute atomic E-state index is 15.6. The number of anilines is 1. The number of methoxy groups -OCH3 is 1. The number of nitrogens with zero attached hydrogens (tertiary/aromatic N) is 1. The highest BCUT2D eigenvalue weighted by atomic mass is 19.1. The largest absolute Gasteiger partial charge is 0.487 e. The molecule has 1 N–H and O–H groups in total. The number of hydrogen-bond acceptors (Lipinski definition) is 6. The molecule has 33 heavy (non-hydrogen) atoms. The van der Waals surface area contributed by atoms with Crippen LogP contribution in [0.1, 0.15) is 44.4 Å². The minimum Gasteiger partial charge on any atom is -0.487 e. The van der Waals surface area contributed by atoms with Crippen LogP contribution in [0.25, 0.3) is 0 Å². The van der Waals surface area contributed by atoms with Gasteiger partial charge >= 0.3 is 12.1 Å². The van der Waals surface area contributed by atoms with Gasteiger partial charge in [-0.2, -0.15) is 0 Å². The van der Waals surface area contributed by atoms with Gasteiger partial charge in [-0.1, -0.05) is 30.3 Å². The van der Waals surface area contributed by atoms with Gasteiger partial charge in [-0.05, 0) is 56.9 Å². The van der Waals surface area contributed by atoms with Crippen molar-refractivity contribution < 1.29 is 28.2 Å². The lowest BCUT2D eigenvalue weighted by atomic mass is 9.93. The number of hydrogen-bond donors (Lipinski definition) is 1. The summed E-state index contributed by atoms with van der Waals surface area (Å²) in [5, 5.41) is 2.82. The normalized spacial score (nSPS) is 15.5. The highest BCUT2D eigenvalue weighted by Crippen LogP contribution is 2.37. The Kier molecular flexibility index (Phi) is 7.46. The molecule has 2 aromatic rings. The van der Waals surface area contributed by atoms with Crippen molar-refractivity contribution in [3.8, 4) is 5.75 Å². The predicted molar refractivity (Wildman–Crippen MR) is 123 cm³/mol. The molecule has 3 rings (SSSR count). The average Bonchev–Trinajstić information content (AvgIpc) is 2.76. The Morgan fingerprint density at radius 2 is 1.91 bits per heavy atom. The van der Waals surface area contributed by atoms with Crippen LogP contribution in [0.3, 0.4) is 0 Å². The zero-order valence-corrected chi connectivity index (χ0v) is 19.7. The summed E-state index contributed by atoms with van der Waals surface area (Å²) in [6, 6.07) is 11.0. The van der Waals surface area contributed by atoms with Gasteiger partial charge in [0.15, 0.2) is 5.82 Å². The Hall–Kier alpha value is -3.29. The van der Waals surface area contributed by atoms with Crippen LogP contribution in [-0.2, 0) is 33.8 Å². The molecular weight excluding hydrogens is 427 g/mol. The van der Waals surface area contributed by atoms with Gasteiger partial charge in [0.05, 0.1) is 7.11 Å². The molecule has 0 aliphatic carbocycles. The van der Waals surface area contributed by atoms with E-state index in [2.05, 4.69) is 10.1 Å². The molecule has 178 valence electrons. The molecule has 1 heterocycles. The number of carbonyl (C=O) groups is 2. The lowest BCUT2D eigenvalue weighted by molar-refractivity contribution is -0.138. The third-order valence-electron chi connectivity index (χ3n) is 5.30. The molecule has 1 atom stereocenters. The molecule has 0 bridgehead atoms. The van der Waals surface area contributed by atoms with Crippen LogP contribution < -0.4 is 10.1 Å². The van der Waals surface area contributed by atoms with Crippen LogP contribution >= 0.6 is 0 Å². The first-order valence-electron chi connectivity index (χ1n) is 10.9. The highest BCUT2D eigenvalue weighted by Gasteiger charge is 2.33. The summed E-state index contributed by atoms with van der Waals surface area (Å²) in [7, 11) is 1.27. The zero-order valence-electron chi connectivity index (χ0n) is 19.7. The molecule has 1 aliphatic rings. The molecule has 0 fully saturated rings. The van der Waals surface area contributed by atoms with E-state index in [0.717, 1.165) is 5.56 Å². The first kappa shape index (κ1) is 24.4. The van der Waals surface area contributed by atoms with Gasteiger partial charge in [-0.25, -0.2) is 9.18 Å². The summed E-state index contributed by atoms with van der Waals surface area (Å²) in [4.78, 5) is 26.0. The molecule has 0 spiro atoms. The Morgan fingerprint density at radius 1 is 1.21 bits per heavy atom. The molecule has 1 aliphatic heterocycles. The summed E-state index contributed by atoms with van der Waals surface area (Å²) in [6.07, 6.45) is -0.132. The molecule has 0 aromatic heterocycles. The van der Waals surface area contributed by atoms with Crippen LogP contribution in [0, 0.1) is 5.82 Å². The Bertz CT molecular complexity index is 1000. The number of fused-ring (bicyclic) bond motifs is 1. The predicted octanol–water partition coefficient (Wildman–Crippen LogP) is 4.67. The summed E-state index contributed by atoms with van der Waals surface area (Å²) in [6.45, 7) is 7.49. The van der Waals surface area contributed by atoms with Gasteiger partial charge in [0.2, 0.25) is 0 Å². The van der Waals surface area contributed by atoms with E-state index < -0.39 is 23.5 Å². The number of halogens is 1. The number of ether oxygens (including phenoxy) is 3. The highest BCUT2D eigenvalue weighted by molar-refractivity contribution is 5.76. The summed E-state index contributed by atoms with van der Waals surface area (Å²) < 4.78 is 31.8. The molecule has 0 saturated carbocycles. The second kappa shape index (κ2) is 10.1. The summed E-state index contributed by atoms with van der Waals surface area (Å²) in [5.74, 6) is -0.751. The lowest BCUT2D eigenvalue weighted by Gasteiger charge is -2.36. The average molecular weight is 459 g/mol. The van der Waals surface area contributed by atoms with Crippen molar-refractivity contribution in [1.29, 1.82) is 0 Å². The van der Waals surface area contributed by atoms with Gasteiger partial charge in [0, 0.05) is 12.6 Å². The van der Waals surface area contributed by atoms with Gasteiger partial charge in [0.1, 0.15) is 30.2 Å². The topological polar surface area (TPSA) is 77.1 Å². The molecule has 2 aromatic carbocycles. The SMILES string of the molecule is COC(=O)CNc1c(OCc2ccccc2)cc2c(c1F)C[C@H](C)N(C(=O)OC(C)(C)C)C2. The van der Waals surface area contributed by atoms with Gasteiger partial charge < -0.3 is 24.4 Å². The van der Waals surface area contributed by atoms with Crippen molar-refractivity contribution in [2.45, 2.75) is 58.9 Å². The summed E-state index contributed by atoms with van der Waals surface area (Å²) in [5.41, 5.74) is 1.52. The molecule has 8 heteroatoms. The Balaban J connectivity index is 1.92. The maximum atomic E-state index is 15.6. The number of amides is 1. The molecule has 1 amide bonds. The van der Waals surface area contributed by atoms with Crippen molar-refractivity contribution in [3.63, 3.8) is 0 Å². The van der Waals surface area contributed by atoms with E-state index in [1.807, 2.05) is 58.0 Å². The fraction of sp³-hybridized carbons (Fsp3) is 0.440. The van der Waals surface area contributed by atoms with Gasteiger partial charge in [-0.15, -0.1) is 0 Å². The van der Waals surface area contributed by atoms with E-state index in [-0.39, 0.29) is 37.2 Å². The standard InChI is InChI=1S/C25H31FN2O5/c1-16-11-19-18(14-28(16)24(30)33-25(2,3)4)12-20(32-15-17-9-7-6-8-10-17)23(22(19)26)27-13-21(29)31-5/h6-10,12,16,27H,11,13-15H2,1-5H3/t16-/m0/s1. The maximum Gasteiger partial charge on any atom is 0.410 e. The lowest BCUT2D eigenvalue weighted by Crippen LogP contribution is -2.45. The fourth-order valence-corrected chi connectivity index (χ4v) is 3.64. The number of nitrogens with one attached hydrogen (secondary N) is 1. The van der Waals surface area contributed by atoms with Crippen molar-refractivity contribution in [2.24, 2.45) is 0 Å². The molecule has 0 radical (unpaired) electrons. The first-order chi connectivity index (χ1) is 15.6. The van der Waals surface area contributed by atoms with E-state index in [1.165, 1.54) is 7.11 Å². The zero-order chi connectivity index (χ0) is 24.2. The van der Waals surface area contributed by atoms with Crippen LogP contribution in [0.2, 0.25) is 0 Å². The minimum atomic E-state index is -0.631. The van der Waals surface area contributed by atoms with E-state index in [0.29, 0.717) is 17.5 Å². The van der Waals surface area contributed by atoms with E-state index >= 15 is 4.39 Å². The Labute approximate surface area is 193 Å². The van der Waals surface area contributed by atoms with Crippen molar-refractivity contribution >= 4 is 17.7 Å². The number of esters is 1. The van der Waals surface area contributed by atoms with E-state index in [9.17, 15) is 9.59 Å². The monoisotopic (exact) mass is 458 g/mol.